The molecule has 0 bridgehead atoms. The first-order chi connectivity index (χ1) is 17.3. The molecule has 0 atom stereocenters. The molecule has 0 saturated carbocycles. The third-order valence-corrected chi connectivity index (χ3v) is 6.58. The Morgan fingerprint density at radius 3 is 2.56 bits per heavy atom. The van der Waals surface area contributed by atoms with Gasteiger partial charge in [0.2, 0.25) is 10.0 Å². The molecule has 0 aliphatic carbocycles. The number of hydrogen-bond acceptors (Lipinski definition) is 8. The quantitative estimate of drug-likeness (QED) is 0.287. The van der Waals surface area contributed by atoms with Crippen LogP contribution in [0.25, 0.3) is 22.4 Å². The zero-order valence-electron chi connectivity index (χ0n) is 18.2. The van der Waals surface area contributed by atoms with Crippen LogP contribution in [-0.4, -0.2) is 29.6 Å². The van der Waals surface area contributed by atoms with E-state index in [9.17, 15) is 18.0 Å². The molecule has 1 amide bonds. The van der Waals surface area contributed by atoms with E-state index in [-0.39, 0.29) is 39.6 Å². The van der Waals surface area contributed by atoms with Crippen molar-refractivity contribution >= 4 is 49.9 Å². The third-order valence-electron chi connectivity index (χ3n) is 5.08. The van der Waals surface area contributed by atoms with Crippen molar-refractivity contribution in [2.24, 2.45) is 0 Å². The topological polar surface area (TPSA) is 160 Å². The summed E-state index contributed by atoms with van der Waals surface area (Å²) in [5.41, 5.74) is 1.65. The van der Waals surface area contributed by atoms with Gasteiger partial charge in [0.15, 0.2) is 17.1 Å². The van der Waals surface area contributed by atoms with Crippen LogP contribution in [0.1, 0.15) is 16.1 Å². The number of carbonyl (C=O) groups is 1. The van der Waals surface area contributed by atoms with Crippen molar-refractivity contribution in [3.63, 3.8) is 0 Å². The van der Waals surface area contributed by atoms with Crippen molar-refractivity contribution < 1.29 is 22.3 Å². The monoisotopic (exact) mass is 525 g/mol. The average molecular weight is 526 g/mol. The number of amides is 1. The summed E-state index contributed by atoms with van der Waals surface area (Å²) >= 11 is 6.06. The lowest BCUT2D eigenvalue weighted by atomic mass is 10.1. The lowest BCUT2D eigenvalue weighted by Crippen LogP contribution is -2.15. The number of sulfonamides is 1. The number of nitrogens with zero attached hydrogens (tertiary/aromatic N) is 2. The predicted molar refractivity (Wildman–Crippen MR) is 132 cm³/mol. The van der Waals surface area contributed by atoms with Crippen molar-refractivity contribution in [2.45, 2.75) is 5.75 Å². The van der Waals surface area contributed by atoms with Gasteiger partial charge in [0, 0.05) is 16.3 Å². The number of carbonyl (C=O) groups excluding carboxylic acids is 1. The summed E-state index contributed by atoms with van der Waals surface area (Å²) in [4.78, 5) is 26.9. The van der Waals surface area contributed by atoms with Gasteiger partial charge in [0.1, 0.15) is 0 Å². The Bertz CT molecular complexity index is 1740. The van der Waals surface area contributed by atoms with Gasteiger partial charge in [-0.3, -0.25) is 19.0 Å². The highest BCUT2D eigenvalue weighted by Gasteiger charge is 2.21. The van der Waals surface area contributed by atoms with Crippen molar-refractivity contribution in [2.75, 3.05) is 10.0 Å². The van der Waals surface area contributed by atoms with E-state index < -0.39 is 21.7 Å². The SMILES string of the molecule is O=C(Nc1ccc(Cl)cc1-c1noc(=O)[nH]1)c1noc2ccc(NS(=O)(=O)Cc3ccccc3)cc12. The summed E-state index contributed by atoms with van der Waals surface area (Å²) in [5.74, 6) is -1.57. The van der Waals surface area contributed by atoms with Crippen molar-refractivity contribution in [3.8, 4) is 11.4 Å². The largest absolute Gasteiger partial charge is 0.439 e. The van der Waals surface area contributed by atoms with E-state index >= 15 is 0 Å². The standard InChI is InChI=1S/C23H16ClN5O6S/c24-14-6-8-18(16(10-14)21-26-23(31)35-28-21)25-22(30)20-17-11-15(7-9-19(17)34-27-20)29-36(32,33)12-13-4-2-1-3-5-13/h1-11,29H,12H2,(H,25,30)(H,26,28,31). The van der Waals surface area contributed by atoms with Crippen LogP contribution in [0.4, 0.5) is 11.4 Å². The zero-order valence-corrected chi connectivity index (χ0v) is 19.8. The number of rotatable bonds is 7. The molecule has 13 heteroatoms. The van der Waals surface area contributed by atoms with Crippen LogP contribution < -0.4 is 15.8 Å². The number of halogens is 1. The molecular formula is C23H16ClN5O6S. The minimum absolute atomic E-state index is 0.0675. The fourth-order valence-electron chi connectivity index (χ4n) is 3.52. The van der Waals surface area contributed by atoms with E-state index in [4.69, 9.17) is 16.1 Å². The summed E-state index contributed by atoms with van der Waals surface area (Å²) in [5, 5.41) is 10.8. The number of hydrogen-bond donors (Lipinski definition) is 3. The summed E-state index contributed by atoms with van der Waals surface area (Å²) < 4.78 is 37.5. The van der Waals surface area contributed by atoms with Crippen LogP contribution in [0.15, 0.2) is 80.6 Å². The van der Waals surface area contributed by atoms with E-state index in [1.165, 1.54) is 30.3 Å². The zero-order chi connectivity index (χ0) is 25.3. The van der Waals surface area contributed by atoms with Crippen molar-refractivity contribution in [1.82, 2.24) is 15.3 Å². The Balaban J connectivity index is 1.42. The number of aromatic amines is 1. The molecule has 0 unspecified atom stereocenters. The summed E-state index contributed by atoms with van der Waals surface area (Å²) in [6.07, 6.45) is 0. The Morgan fingerprint density at radius 2 is 1.81 bits per heavy atom. The molecule has 3 N–H and O–H groups in total. The summed E-state index contributed by atoms with van der Waals surface area (Å²) in [6.45, 7) is 0. The highest BCUT2D eigenvalue weighted by atomic mass is 35.5. The van der Waals surface area contributed by atoms with E-state index in [1.807, 2.05) is 0 Å². The van der Waals surface area contributed by atoms with E-state index in [0.29, 0.717) is 16.1 Å². The molecule has 182 valence electrons. The Kier molecular flexibility index (Phi) is 6.04. The van der Waals surface area contributed by atoms with Crippen LogP contribution in [0.2, 0.25) is 5.02 Å². The minimum atomic E-state index is -3.72. The molecule has 0 spiro atoms. The second-order valence-corrected chi connectivity index (χ2v) is 9.84. The van der Waals surface area contributed by atoms with Crippen LogP contribution >= 0.6 is 11.6 Å². The van der Waals surface area contributed by atoms with Crippen LogP contribution in [0.3, 0.4) is 0 Å². The van der Waals surface area contributed by atoms with Crippen molar-refractivity contribution in [1.29, 1.82) is 0 Å². The maximum absolute atomic E-state index is 13.1. The van der Waals surface area contributed by atoms with Gasteiger partial charge in [-0.25, -0.2) is 13.2 Å². The molecule has 0 aliphatic heterocycles. The van der Waals surface area contributed by atoms with Gasteiger partial charge in [-0.15, -0.1) is 0 Å². The molecular weight excluding hydrogens is 510 g/mol. The highest BCUT2D eigenvalue weighted by molar-refractivity contribution is 7.91. The van der Waals surface area contributed by atoms with Gasteiger partial charge < -0.3 is 9.84 Å². The maximum Gasteiger partial charge on any atom is 0.439 e. The molecule has 0 radical (unpaired) electrons. The molecule has 0 fully saturated rings. The third kappa shape index (κ3) is 4.99. The molecule has 36 heavy (non-hydrogen) atoms. The lowest BCUT2D eigenvalue weighted by molar-refractivity contribution is 0.102. The first-order valence-corrected chi connectivity index (χ1v) is 12.4. The predicted octanol–water partition coefficient (Wildman–Crippen LogP) is 4.02. The first kappa shape index (κ1) is 23.3. The van der Waals surface area contributed by atoms with Crippen LogP contribution in [-0.2, 0) is 15.8 Å². The second-order valence-electron chi connectivity index (χ2n) is 7.68. The molecule has 0 saturated heterocycles. The lowest BCUT2D eigenvalue weighted by Gasteiger charge is -2.09. The molecule has 2 heterocycles. The average Bonchev–Trinajstić information content (AvgIpc) is 3.46. The van der Waals surface area contributed by atoms with Gasteiger partial charge >= 0.3 is 5.76 Å². The highest BCUT2D eigenvalue weighted by Crippen LogP contribution is 2.30. The fraction of sp³-hybridized carbons (Fsp3) is 0.0435. The first-order valence-electron chi connectivity index (χ1n) is 10.4. The second kappa shape index (κ2) is 9.32. The van der Waals surface area contributed by atoms with Gasteiger partial charge in [0.05, 0.1) is 16.8 Å². The number of fused-ring (bicyclic) bond motifs is 1. The van der Waals surface area contributed by atoms with Gasteiger partial charge in [-0.2, -0.15) is 0 Å². The normalized spacial score (nSPS) is 11.5. The molecule has 0 aliphatic rings. The molecule has 2 aromatic heterocycles. The Morgan fingerprint density at radius 1 is 1.00 bits per heavy atom. The summed E-state index contributed by atoms with van der Waals surface area (Å²) in [7, 11) is -3.72. The van der Waals surface area contributed by atoms with Gasteiger partial charge in [0.25, 0.3) is 5.91 Å². The Hall–Kier alpha value is -4.42. The molecule has 5 aromatic rings. The molecule has 11 nitrogen and oxygen atoms in total. The maximum atomic E-state index is 13.1. The number of H-pyrrole nitrogens is 1. The number of aromatic nitrogens is 3. The van der Waals surface area contributed by atoms with Crippen LogP contribution in [0.5, 0.6) is 0 Å². The van der Waals surface area contributed by atoms with E-state index in [1.54, 1.807) is 36.4 Å². The van der Waals surface area contributed by atoms with Crippen LogP contribution in [0, 0.1) is 0 Å². The Labute approximate surface area is 208 Å². The van der Waals surface area contributed by atoms with E-state index in [0.717, 1.165) is 0 Å². The molecule has 5 rings (SSSR count). The van der Waals surface area contributed by atoms with Crippen molar-refractivity contribution in [3.05, 3.63) is 93.6 Å². The minimum Gasteiger partial charge on any atom is -0.355 e. The number of anilines is 2. The number of nitrogens with one attached hydrogen (secondary N) is 3. The smallest absolute Gasteiger partial charge is 0.355 e. The summed E-state index contributed by atoms with van der Waals surface area (Å²) in [6, 6.07) is 17.8. The fourth-order valence-corrected chi connectivity index (χ4v) is 4.89. The van der Waals surface area contributed by atoms with E-state index in [2.05, 4.69) is 29.9 Å². The van der Waals surface area contributed by atoms with Gasteiger partial charge in [-0.05, 0) is 42.0 Å². The molecule has 3 aromatic carbocycles. The van der Waals surface area contributed by atoms with Gasteiger partial charge in [-0.1, -0.05) is 52.2 Å². The number of benzene rings is 3.